The zero-order chi connectivity index (χ0) is 18.0. The van der Waals surface area contributed by atoms with Gasteiger partial charge in [0.05, 0.1) is 18.7 Å². The van der Waals surface area contributed by atoms with Crippen LogP contribution in [0.5, 0.6) is 0 Å². The molecule has 1 aliphatic rings. The van der Waals surface area contributed by atoms with Crippen LogP contribution in [0.1, 0.15) is 30.9 Å². The molecule has 2 rings (SSSR count). The number of nitrogens with zero attached hydrogens (tertiary/aromatic N) is 1. The molecule has 2 N–H and O–H groups in total. The molecule has 4 nitrogen and oxygen atoms in total. The lowest BCUT2D eigenvalue weighted by Gasteiger charge is -2.23. The molecule has 0 spiro atoms. The van der Waals surface area contributed by atoms with E-state index >= 15 is 0 Å². The Hall–Kier alpha value is -2.07. The molecule has 0 radical (unpaired) electrons. The number of carbonyl (C=O) groups excluding carboxylic acids is 1. The highest BCUT2D eigenvalue weighted by atomic mass is 19.4. The van der Waals surface area contributed by atoms with Gasteiger partial charge in [0.2, 0.25) is 0 Å². The van der Waals surface area contributed by atoms with Gasteiger partial charge in [-0.15, -0.1) is 0 Å². The SMILES string of the molecule is C[NH+](CC(=O)N[C@@](C)(C#N)C1CC1)Cc1ccc(C(F)(F)F)cc1. The van der Waals surface area contributed by atoms with Crippen LogP contribution in [-0.4, -0.2) is 25.0 Å². The van der Waals surface area contributed by atoms with E-state index in [1.165, 1.54) is 12.1 Å². The summed E-state index contributed by atoms with van der Waals surface area (Å²) in [6.45, 7) is 2.32. The summed E-state index contributed by atoms with van der Waals surface area (Å²) in [5.41, 5.74) is -0.791. The topological polar surface area (TPSA) is 57.3 Å². The fourth-order valence-corrected chi connectivity index (χ4v) is 2.71. The molecule has 24 heavy (non-hydrogen) atoms. The maximum absolute atomic E-state index is 12.5. The van der Waals surface area contributed by atoms with Crippen molar-refractivity contribution in [3.63, 3.8) is 0 Å². The van der Waals surface area contributed by atoms with E-state index in [0.29, 0.717) is 6.54 Å². The van der Waals surface area contributed by atoms with Crippen molar-refractivity contribution in [1.29, 1.82) is 5.26 Å². The fourth-order valence-electron chi connectivity index (χ4n) is 2.71. The van der Waals surface area contributed by atoms with Gasteiger partial charge in [-0.05, 0) is 37.8 Å². The van der Waals surface area contributed by atoms with Gasteiger partial charge in [0.1, 0.15) is 12.1 Å². The van der Waals surface area contributed by atoms with Crippen LogP contribution in [0.4, 0.5) is 13.2 Å². The average molecular weight is 340 g/mol. The smallest absolute Gasteiger partial charge is 0.333 e. The summed E-state index contributed by atoms with van der Waals surface area (Å²) in [4.78, 5) is 12.9. The van der Waals surface area contributed by atoms with Crippen LogP contribution in [0.25, 0.3) is 0 Å². The van der Waals surface area contributed by atoms with Crippen LogP contribution in [0.3, 0.4) is 0 Å². The standard InChI is InChI=1S/C17H20F3N3O/c1-16(11-21,13-7-8-13)22-15(24)10-23(2)9-12-3-5-14(6-4-12)17(18,19)20/h3-6,13H,7-10H2,1-2H3,(H,22,24)/p+1/t16-/m0/s1. The molecule has 1 aromatic rings. The van der Waals surface area contributed by atoms with Crippen molar-refractivity contribution in [3.05, 3.63) is 35.4 Å². The third kappa shape index (κ3) is 4.71. The summed E-state index contributed by atoms with van der Waals surface area (Å²) in [5.74, 6) is -0.0166. The Morgan fingerprint density at radius 2 is 1.92 bits per heavy atom. The fraction of sp³-hybridized carbons (Fsp3) is 0.529. The van der Waals surface area contributed by atoms with Crippen LogP contribution in [0.15, 0.2) is 24.3 Å². The molecule has 1 fully saturated rings. The Morgan fingerprint density at radius 3 is 2.38 bits per heavy atom. The van der Waals surface area contributed by atoms with Crippen molar-refractivity contribution in [3.8, 4) is 6.07 Å². The van der Waals surface area contributed by atoms with Gasteiger partial charge < -0.3 is 10.2 Å². The first kappa shape index (κ1) is 18.3. The van der Waals surface area contributed by atoms with E-state index < -0.39 is 17.3 Å². The number of hydrogen-bond acceptors (Lipinski definition) is 2. The van der Waals surface area contributed by atoms with Crippen LogP contribution in [0, 0.1) is 17.2 Å². The monoisotopic (exact) mass is 340 g/mol. The second-order valence-electron chi connectivity index (χ2n) is 6.64. The maximum Gasteiger partial charge on any atom is 0.416 e. The molecule has 2 atom stereocenters. The van der Waals surface area contributed by atoms with Gasteiger partial charge in [-0.2, -0.15) is 18.4 Å². The number of amides is 1. The lowest BCUT2D eigenvalue weighted by Crippen LogP contribution is -3.09. The van der Waals surface area contributed by atoms with Crippen molar-refractivity contribution in [2.45, 2.75) is 38.0 Å². The number of nitriles is 1. The maximum atomic E-state index is 12.5. The van der Waals surface area contributed by atoms with Crippen LogP contribution >= 0.6 is 0 Å². The van der Waals surface area contributed by atoms with E-state index in [0.717, 1.165) is 35.4 Å². The Labute approximate surface area is 139 Å². The van der Waals surface area contributed by atoms with E-state index in [2.05, 4.69) is 11.4 Å². The quantitative estimate of drug-likeness (QED) is 0.825. The molecule has 1 aromatic carbocycles. The molecule has 0 aromatic heterocycles. The zero-order valence-corrected chi connectivity index (χ0v) is 13.7. The minimum absolute atomic E-state index is 0.158. The molecule has 1 amide bonds. The van der Waals surface area contributed by atoms with Crippen molar-refractivity contribution < 1.29 is 22.9 Å². The predicted molar refractivity (Wildman–Crippen MR) is 81.8 cm³/mol. The van der Waals surface area contributed by atoms with E-state index in [1.54, 1.807) is 14.0 Å². The molecule has 0 heterocycles. The molecule has 130 valence electrons. The summed E-state index contributed by atoms with van der Waals surface area (Å²) in [6, 6.07) is 7.10. The number of carbonyl (C=O) groups is 1. The first-order chi connectivity index (χ1) is 11.1. The highest BCUT2D eigenvalue weighted by molar-refractivity contribution is 5.78. The lowest BCUT2D eigenvalue weighted by molar-refractivity contribution is -0.885. The Morgan fingerprint density at radius 1 is 1.33 bits per heavy atom. The summed E-state index contributed by atoms with van der Waals surface area (Å²) in [6.07, 6.45) is -2.46. The normalized spacial score (nSPS) is 18.3. The Kier molecular flexibility index (Phi) is 5.19. The second-order valence-corrected chi connectivity index (χ2v) is 6.64. The summed E-state index contributed by atoms with van der Waals surface area (Å²) in [5, 5.41) is 12.0. The molecule has 1 saturated carbocycles. The highest BCUT2D eigenvalue weighted by Gasteiger charge is 2.43. The molecule has 1 unspecified atom stereocenters. The van der Waals surface area contributed by atoms with Crippen molar-refractivity contribution >= 4 is 5.91 Å². The van der Waals surface area contributed by atoms with Gasteiger partial charge in [0.15, 0.2) is 6.54 Å². The summed E-state index contributed by atoms with van der Waals surface area (Å²) in [7, 11) is 1.79. The molecule has 0 saturated heterocycles. The van der Waals surface area contributed by atoms with E-state index in [4.69, 9.17) is 0 Å². The average Bonchev–Trinajstić information content (AvgIpc) is 3.31. The molecule has 7 heteroatoms. The largest absolute Gasteiger partial charge is 0.416 e. The van der Waals surface area contributed by atoms with E-state index in [1.807, 2.05) is 0 Å². The number of likely N-dealkylation sites (N-methyl/N-ethyl adjacent to an activating group) is 1. The van der Waals surface area contributed by atoms with Gasteiger partial charge in [-0.3, -0.25) is 4.79 Å². The molecule has 0 bridgehead atoms. The lowest BCUT2D eigenvalue weighted by atomic mass is 9.98. The molecular formula is C17H21F3N3O+. The third-order valence-corrected chi connectivity index (χ3v) is 4.27. The van der Waals surface area contributed by atoms with Crippen LogP contribution < -0.4 is 10.2 Å². The third-order valence-electron chi connectivity index (χ3n) is 4.27. The summed E-state index contributed by atoms with van der Waals surface area (Å²) >= 11 is 0. The number of nitrogens with one attached hydrogen (secondary N) is 2. The Bertz CT molecular complexity index is 632. The van der Waals surface area contributed by atoms with Gasteiger partial charge in [-0.1, -0.05) is 12.1 Å². The Balaban J connectivity index is 1.87. The van der Waals surface area contributed by atoms with Gasteiger partial charge in [-0.25, -0.2) is 0 Å². The molecule has 0 aliphatic heterocycles. The summed E-state index contributed by atoms with van der Waals surface area (Å²) < 4.78 is 37.6. The van der Waals surface area contributed by atoms with Crippen molar-refractivity contribution in [2.75, 3.05) is 13.6 Å². The van der Waals surface area contributed by atoms with Gasteiger partial charge in [0, 0.05) is 5.56 Å². The number of halogens is 3. The van der Waals surface area contributed by atoms with Gasteiger partial charge >= 0.3 is 6.18 Å². The molecular weight excluding hydrogens is 319 g/mol. The van der Waals surface area contributed by atoms with Crippen LogP contribution in [-0.2, 0) is 17.5 Å². The highest BCUT2D eigenvalue weighted by Crippen LogP contribution is 2.39. The zero-order valence-electron chi connectivity index (χ0n) is 13.7. The number of hydrogen-bond donors (Lipinski definition) is 2. The van der Waals surface area contributed by atoms with Crippen LogP contribution in [0.2, 0.25) is 0 Å². The number of alkyl halides is 3. The van der Waals surface area contributed by atoms with Crippen molar-refractivity contribution in [1.82, 2.24) is 5.32 Å². The van der Waals surface area contributed by atoms with Gasteiger partial charge in [0.25, 0.3) is 5.91 Å². The number of rotatable bonds is 6. The first-order valence-electron chi connectivity index (χ1n) is 7.84. The molecule has 1 aliphatic carbocycles. The van der Waals surface area contributed by atoms with E-state index in [-0.39, 0.29) is 18.4 Å². The first-order valence-corrected chi connectivity index (χ1v) is 7.84. The predicted octanol–water partition coefficient (Wildman–Crippen LogP) is 1.53. The minimum Gasteiger partial charge on any atom is -0.333 e. The number of quaternary nitrogens is 1. The van der Waals surface area contributed by atoms with E-state index in [9.17, 15) is 23.2 Å². The second kappa shape index (κ2) is 6.81. The minimum atomic E-state index is -4.35. The number of benzene rings is 1. The van der Waals surface area contributed by atoms with Crippen molar-refractivity contribution in [2.24, 2.45) is 5.92 Å².